The van der Waals surface area contributed by atoms with Crippen molar-refractivity contribution in [2.75, 3.05) is 0 Å². The number of rotatable bonds is 1. The average molecular weight is 283 g/mol. The van der Waals surface area contributed by atoms with Gasteiger partial charge in [-0.2, -0.15) is 0 Å². The van der Waals surface area contributed by atoms with E-state index < -0.39 is 5.63 Å². The van der Waals surface area contributed by atoms with Crippen LogP contribution in [0.1, 0.15) is 0 Å². The van der Waals surface area contributed by atoms with E-state index in [2.05, 4.69) is 10.1 Å². The van der Waals surface area contributed by atoms with Crippen LogP contribution in [-0.4, -0.2) is 10.1 Å². The van der Waals surface area contributed by atoms with E-state index in [9.17, 15) is 4.79 Å². The first kappa shape index (κ1) is 11.3. The Hall–Kier alpha value is -1.85. The normalized spacial score (nSPS) is 11.0. The van der Waals surface area contributed by atoms with Crippen LogP contribution in [0.3, 0.4) is 0 Å². The fourth-order valence-electron chi connectivity index (χ4n) is 1.53. The lowest BCUT2D eigenvalue weighted by atomic mass is 10.2. The summed E-state index contributed by atoms with van der Waals surface area (Å²) in [5, 5.41) is 4.34. The minimum Gasteiger partial charge on any atom is -0.400 e. The molecule has 3 rings (SSSR count). The lowest BCUT2D eigenvalue weighted by molar-refractivity contribution is 0.407. The van der Waals surface area contributed by atoms with Gasteiger partial charge in [0.1, 0.15) is 5.52 Å². The molecule has 0 saturated heterocycles. The maximum Gasteiger partial charge on any atom is 0.347 e. The molecule has 7 heteroatoms. The van der Waals surface area contributed by atoms with Gasteiger partial charge < -0.3 is 8.94 Å². The van der Waals surface area contributed by atoms with Gasteiger partial charge >= 0.3 is 5.63 Å². The van der Waals surface area contributed by atoms with E-state index >= 15 is 0 Å². The number of halogens is 2. The summed E-state index contributed by atoms with van der Waals surface area (Å²) in [7, 11) is 0. The van der Waals surface area contributed by atoms with Crippen LogP contribution in [0.15, 0.2) is 38.1 Å². The number of aromatic nitrogens is 2. The Balaban J connectivity index is 2.38. The highest BCUT2D eigenvalue weighted by Crippen LogP contribution is 2.26. The molecular formula is C11H4Cl2N2O3. The van der Waals surface area contributed by atoms with Crippen molar-refractivity contribution in [3.63, 3.8) is 0 Å². The molecule has 1 aromatic carbocycles. The molecule has 0 atom stereocenters. The molecule has 5 nitrogen and oxygen atoms in total. The Morgan fingerprint density at radius 1 is 1.22 bits per heavy atom. The maximum atomic E-state index is 11.8. The van der Waals surface area contributed by atoms with Crippen LogP contribution in [0.2, 0.25) is 10.0 Å². The summed E-state index contributed by atoms with van der Waals surface area (Å²) in [4.78, 5) is 15.9. The molecule has 0 bridgehead atoms. The summed E-state index contributed by atoms with van der Waals surface area (Å²) in [5.41, 5.74) is -0.278. The third kappa shape index (κ3) is 1.77. The zero-order chi connectivity index (χ0) is 12.7. The first-order valence-corrected chi connectivity index (χ1v) is 5.62. The van der Waals surface area contributed by atoms with E-state index in [-0.39, 0.29) is 22.1 Å². The van der Waals surface area contributed by atoms with E-state index in [4.69, 9.17) is 32.1 Å². The molecule has 3 aromatic rings. The second kappa shape index (κ2) is 4.12. The molecule has 0 unspecified atom stereocenters. The zero-order valence-corrected chi connectivity index (χ0v) is 10.2. The fourth-order valence-corrected chi connectivity index (χ4v) is 2.07. The lowest BCUT2D eigenvalue weighted by Crippen LogP contribution is -2.03. The second-order valence-electron chi connectivity index (χ2n) is 3.47. The summed E-state index contributed by atoms with van der Waals surface area (Å²) < 4.78 is 9.90. The molecule has 0 aliphatic heterocycles. The van der Waals surface area contributed by atoms with Crippen LogP contribution >= 0.6 is 23.2 Å². The van der Waals surface area contributed by atoms with Gasteiger partial charge in [0.25, 0.3) is 5.89 Å². The molecule has 0 aliphatic rings. The Morgan fingerprint density at radius 3 is 2.78 bits per heavy atom. The van der Waals surface area contributed by atoms with E-state index in [0.29, 0.717) is 10.5 Å². The SMILES string of the molecule is O=c1oc(-c2ccno2)nc2c(Cl)cc(Cl)cc12. The minimum absolute atomic E-state index is 0.0224. The maximum absolute atomic E-state index is 11.8. The molecule has 2 heterocycles. The topological polar surface area (TPSA) is 69.1 Å². The number of nitrogens with zero attached hydrogens (tertiary/aromatic N) is 2. The van der Waals surface area contributed by atoms with Crippen molar-refractivity contribution in [1.82, 2.24) is 10.1 Å². The predicted molar refractivity (Wildman–Crippen MR) is 65.8 cm³/mol. The van der Waals surface area contributed by atoms with Crippen molar-refractivity contribution in [3.8, 4) is 11.7 Å². The van der Waals surface area contributed by atoms with Crippen LogP contribution in [-0.2, 0) is 0 Å². The first-order chi connectivity index (χ1) is 8.65. The van der Waals surface area contributed by atoms with E-state index in [0.717, 1.165) is 0 Å². The predicted octanol–water partition coefficient (Wildman–Crippen LogP) is 3.15. The number of benzene rings is 1. The zero-order valence-electron chi connectivity index (χ0n) is 8.68. The Labute approximate surface area is 110 Å². The third-order valence-electron chi connectivity index (χ3n) is 2.30. The van der Waals surface area contributed by atoms with Crippen LogP contribution in [0.5, 0.6) is 0 Å². The quantitative estimate of drug-likeness (QED) is 0.686. The van der Waals surface area contributed by atoms with E-state index in [1.165, 1.54) is 24.4 Å². The highest BCUT2D eigenvalue weighted by Gasteiger charge is 2.14. The number of hydrogen-bond donors (Lipinski definition) is 0. The van der Waals surface area contributed by atoms with Crippen molar-refractivity contribution in [2.24, 2.45) is 0 Å². The smallest absolute Gasteiger partial charge is 0.347 e. The van der Waals surface area contributed by atoms with Gasteiger partial charge in [-0.15, -0.1) is 0 Å². The summed E-state index contributed by atoms with van der Waals surface area (Å²) in [6.45, 7) is 0. The first-order valence-electron chi connectivity index (χ1n) is 4.86. The number of hydrogen-bond acceptors (Lipinski definition) is 5. The number of fused-ring (bicyclic) bond motifs is 1. The third-order valence-corrected chi connectivity index (χ3v) is 2.81. The van der Waals surface area contributed by atoms with Gasteiger partial charge in [0.05, 0.1) is 16.6 Å². The summed E-state index contributed by atoms with van der Waals surface area (Å²) in [6, 6.07) is 4.48. The second-order valence-corrected chi connectivity index (χ2v) is 4.31. The van der Waals surface area contributed by atoms with E-state index in [1.54, 1.807) is 0 Å². The van der Waals surface area contributed by atoms with Crippen molar-refractivity contribution in [1.29, 1.82) is 0 Å². The van der Waals surface area contributed by atoms with Crippen LogP contribution in [0.25, 0.3) is 22.6 Å². The van der Waals surface area contributed by atoms with Crippen molar-refractivity contribution in [3.05, 3.63) is 44.9 Å². The molecule has 18 heavy (non-hydrogen) atoms. The molecule has 0 fully saturated rings. The highest BCUT2D eigenvalue weighted by molar-refractivity contribution is 6.38. The minimum atomic E-state index is -0.587. The van der Waals surface area contributed by atoms with Crippen LogP contribution < -0.4 is 5.63 Å². The largest absolute Gasteiger partial charge is 0.400 e. The summed E-state index contributed by atoms with van der Waals surface area (Å²) in [5.74, 6) is 0.272. The van der Waals surface area contributed by atoms with Gasteiger partial charge in [-0.1, -0.05) is 28.4 Å². The molecule has 0 radical (unpaired) electrons. The van der Waals surface area contributed by atoms with Gasteiger partial charge in [0.15, 0.2) is 0 Å². The van der Waals surface area contributed by atoms with E-state index in [1.807, 2.05) is 0 Å². The fraction of sp³-hybridized carbons (Fsp3) is 0. The Kier molecular flexibility index (Phi) is 2.57. The molecule has 0 N–H and O–H groups in total. The van der Waals surface area contributed by atoms with Crippen molar-refractivity contribution >= 4 is 34.1 Å². The highest BCUT2D eigenvalue weighted by atomic mass is 35.5. The van der Waals surface area contributed by atoms with Gasteiger partial charge in [-0.3, -0.25) is 0 Å². The lowest BCUT2D eigenvalue weighted by Gasteiger charge is -2.01. The molecule has 90 valence electrons. The van der Waals surface area contributed by atoms with Crippen molar-refractivity contribution in [2.45, 2.75) is 0 Å². The van der Waals surface area contributed by atoms with Gasteiger partial charge in [-0.25, -0.2) is 9.78 Å². The average Bonchev–Trinajstić information content (AvgIpc) is 2.83. The Morgan fingerprint density at radius 2 is 2.06 bits per heavy atom. The van der Waals surface area contributed by atoms with Gasteiger partial charge in [-0.05, 0) is 12.1 Å². The molecular weight excluding hydrogens is 279 g/mol. The van der Waals surface area contributed by atoms with Crippen LogP contribution in [0.4, 0.5) is 0 Å². The molecule has 0 spiro atoms. The molecule has 0 aliphatic carbocycles. The Bertz CT molecular complexity index is 781. The standard InChI is InChI=1S/C11H4Cl2N2O3/c12-5-3-6-9(7(13)4-5)15-10(17-11(6)16)8-1-2-14-18-8/h1-4H. The summed E-state index contributed by atoms with van der Waals surface area (Å²) in [6.07, 6.45) is 1.42. The molecule has 0 saturated carbocycles. The van der Waals surface area contributed by atoms with Gasteiger partial charge in [0, 0.05) is 11.1 Å². The molecule has 0 amide bonds. The van der Waals surface area contributed by atoms with Crippen LogP contribution in [0, 0.1) is 0 Å². The van der Waals surface area contributed by atoms with Crippen molar-refractivity contribution < 1.29 is 8.94 Å². The molecule has 2 aromatic heterocycles. The monoisotopic (exact) mass is 282 g/mol. The van der Waals surface area contributed by atoms with Gasteiger partial charge in [0.2, 0.25) is 5.76 Å². The summed E-state index contributed by atoms with van der Waals surface area (Å²) >= 11 is 11.8.